The average Bonchev–Trinajstić information content (AvgIpc) is 2.53. The summed E-state index contributed by atoms with van der Waals surface area (Å²) in [5.74, 6) is 1.63. The molecule has 1 amide bonds. The first-order valence-electron chi connectivity index (χ1n) is 8.09. The minimum atomic E-state index is 0.153. The molecule has 3 nitrogen and oxygen atoms in total. The minimum absolute atomic E-state index is 0.153. The van der Waals surface area contributed by atoms with Crippen molar-refractivity contribution in [2.75, 3.05) is 13.7 Å². The SMILES string of the molecule is CCCC[C@H](CC)CNC(=O)CCc1ccc(OC)cc1. The summed E-state index contributed by atoms with van der Waals surface area (Å²) in [6.07, 6.45) is 6.16. The fraction of sp³-hybridized carbons (Fsp3) is 0.611. The Morgan fingerprint density at radius 3 is 2.52 bits per heavy atom. The zero-order valence-corrected chi connectivity index (χ0v) is 13.7. The number of unbranched alkanes of at least 4 members (excludes halogenated alkanes) is 1. The highest BCUT2D eigenvalue weighted by atomic mass is 16.5. The molecule has 0 saturated heterocycles. The number of methoxy groups -OCH3 is 1. The third kappa shape index (κ3) is 7.16. The van der Waals surface area contributed by atoms with Gasteiger partial charge in [-0.2, -0.15) is 0 Å². The number of amides is 1. The number of hydrogen-bond donors (Lipinski definition) is 1. The number of benzene rings is 1. The zero-order chi connectivity index (χ0) is 15.5. The van der Waals surface area contributed by atoms with Crippen LogP contribution in [-0.4, -0.2) is 19.6 Å². The van der Waals surface area contributed by atoms with Crippen molar-refractivity contribution in [2.24, 2.45) is 5.92 Å². The molecule has 118 valence electrons. The molecule has 1 rings (SSSR count). The Morgan fingerprint density at radius 2 is 1.95 bits per heavy atom. The van der Waals surface area contributed by atoms with Crippen molar-refractivity contribution in [3.05, 3.63) is 29.8 Å². The van der Waals surface area contributed by atoms with Crippen LogP contribution in [-0.2, 0) is 11.2 Å². The van der Waals surface area contributed by atoms with Crippen LogP contribution in [0.3, 0.4) is 0 Å². The van der Waals surface area contributed by atoms with Gasteiger partial charge in [0.05, 0.1) is 7.11 Å². The van der Waals surface area contributed by atoms with E-state index >= 15 is 0 Å². The van der Waals surface area contributed by atoms with Crippen molar-refractivity contribution in [3.8, 4) is 5.75 Å². The number of hydrogen-bond acceptors (Lipinski definition) is 2. The standard InChI is InChI=1S/C18H29NO2/c1-4-6-7-15(5-2)14-19-18(20)13-10-16-8-11-17(21-3)12-9-16/h8-9,11-12,15H,4-7,10,13-14H2,1-3H3,(H,19,20)/t15-/m0/s1. The fourth-order valence-electron chi connectivity index (χ4n) is 2.34. The first-order chi connectivity index (χ1) is 10.2. The van der Waals surface area contributed by atoms with Crippen molar-refractivity contribution in [2.45, 2.75) is 52.4 Å². The van der Waals surface area contributed by atoms with Crippen LogP contribution in [0.25, 0.3) is 0 Å². The maximum atomic E-state index is 11.9. The van der Waals surface area contributed by atoms with E-state index in [1.165, 1.54) is 24.8 Å². The molecule has 3 heteroatoms. The molecule has 1 N–H and O–H groups in total. The predicted octanol–water partition coefficient (Wildman–Crippen LogP) is 3.96. The van der Waals surface area contributed by atoms with Gasteiger partial charge in [-0.3, -0.25) is 4.79 Å². The number of rotatable bonds is 10. The molecule has 1 aromatic rings. The van der Waals surface area contributed by atoms with Gasteiger partial charge in [-0.05, 0) is 36.5 Å². The summed E-state index contributed by atoms with van der Waals surface area (Å²) >= 11 is 0. The van der Waals surface area contributed by atoms with Gasteiger partial charge in [0, 0.05) is 13.0 Å². The van der Waals surface area contributed by atoms with Gasteiger partial charge in [0.25, 0.3) is 0 Å². The molecule has 0 radical (unpaired) electrons. The number of carbonyl (C=O) groups excluding carboxylic acids is 1. The van der Waals surface area contributed by atoms with E-state index in [-0.39, 0.29) is 5.91 Å². The molecule has 0 fully saturated rings. The molecular formula is C18H29NO2. The number of aryl methyl sites for hydroxylation is 1. The Kier molecular flexibility index (Phi) is 8.56. The molecule has 0 saturated carbocycles. The van der Waals surface area contributed by atoms with Crippen LogP contribution in [0.15, 0.2) is 24.3 Å². The van der Waals surface area contributed by atoms with E-state index in [2.05, 4.69) is 19.2 Å². The van der Waals surface area contributed by atoms with Crippen LogP contribution in [0.4, 0.5) is 0 Å². The lowest BCUT2D eigenvalue weighted by Gasteiger charge is -2.15. The third-order valence-corrected chi connectivity index (χ3v) is 3.93. The van der Waals surface area contributed by atoms with Gasteiger partial charge in [0.2, 0.25) is 5.91 Å². The van der Waals surface area contributed by atoms with Gasteiger partial charge in [-0.15, -0.1) is 0 Å². The molecular weight excluding hydrogens is 262 g/mol. The first-order valence-corrected chi connectivity index (χ1v) is 8.09. The highest BCUT2D eigenvalue weighted by molar-refractivity contribution is 5.76. The maximum Gasteiger partial charge on any atom is 0.220 e. The lowest BCUT2D eigenvalue weighted by atomic mass is 9.99. The lowest BCUT2D eigenvalue weighted by Crippen LogP contribution is -2.29. The van der Waals surface area contributed by atoms with Gasteiger partial charge in [0.15, 0.2) is 0 Å². The molecule has 21 heavy (non-hydrogen) atoms. The van der Waals surface area contributed by atoms with Crippen LogP contribution >= 0.6 is 0 Å². The van der Waals surface area contributed by atoms with Crippen LogP contribution in [0.5, 0.6) is 5.75 Å². The van der Waals surface area contributed by atoms with E-state index < -0.39 is 0 Å². The zero-order valence-electron chi connectivity index (χ0n) is 13.7. The summed E-state index contributed by atoms with van der Waals surface area (Å²) in [5.41, 5.74) is 1.17. The maximum absolute atomic E-state index is 11.9. The van der Waals surface area contributed by atoms with E-state index in [9.17, 15) is 4.79 Å². The topological polar surface area (TPSA) is 38.3 Å². The first kappa shape index (κ1) is 17.5. The highest BCUT2D eigenvalue weighted by Crippen LogP contribution is 2.13. The van der Waals surface area contributed by atoms with Gasteiger partial charge in [-0.25, -0.2) is 0 Å². The second-order valence-corrected chi connectivity index (χ2v) is 5.57. The lowest BCUT2D eigenvalue weighted by molar-refractivity contribution is -0.121. The third-order valence-electron chi connectivity index (χ3n) is 3.93. The van der Waals surface area contributed by atoms with Crippen LogP contribution < -0.4 is 10.1 Å². The van der Waals surface area contributed by atoms with Gasteiger partial charge in [-0.1, -0.05) is 45.2 Å². The molecule has 0 aliphatic rings. The van der Waals surface area contributed by atoms with Crippen molar-refractivity contribution >= 4 is 5.91 Å². The minimum Gasteiger partial charge on any atom is -0.497 e. The molecule has 0 spiro atoms. The van der Waals surface area contributed by atoms with Crippen LogP contribution in [0.1, 0.15) is 51.5 Å². The second kappa shape index (κ2) is 10.3. The van der Waals surface area contributed by atoms with E-state index in [0.29, 0.717) is 12.3 Å². The van der Waals surface area contributed by atoms with Crippen molar-refractivity contribution in [1.82, 2.24) is 5.32 Å². The van der Waals surface area contributed by atoms with Gasteiger partial charge in [0.1, 0.15) is 5.75 Å². The Balaban J connectivity index is 2.26. The Hall–Kier alpha value is -1.51. The van der Waals surface area contributed by atoms with Gasteiger partial charge < -0.3 is 10.1 Å². The van der Waals surface area contributed by atoms with E-state index in [4.69, 9.17) is 4.74 Å². The van der Waals surface area contributed by atoms with Crippen molar-refractivity contribution in [1.29, 1.82) is 0 Å². The molecule has 0 aliphatic carbocycles. The summed E-state index contributed by atoms with van der Waals surface area (Å²) in [5, 5.41) is 3.07. The Morgan fingerprint density at radius 1 is 1.24 bits per heavy atom. The average molecular weight is 291 g/mol. The Bertz CT molecular complexity index is 400. The quantitative estimate of drug-likeness (QED) is 0.708. The fourth-order valence-corrected chi connectivity index (χ4v) is 2.34. The smallest absolute Gasteiger partial charge is 0.220 e. The number of ether oxygens (including phenoxy) is 1. The molecule has 0 unspecified atom stereocenters. The van der Waals surface area contributed by atoms with E-state index in [1.807, 2.05) is 24.3 Å². The largest absolute Gasteiger partial charge is 0.497 e. The number of carbonyl (C=O) groups is 1. The summed E-state index contributed by atoms with van der Waals surface area (Å²) in [6.45, 7) is 5.22. The van der Waals surface area contributed by atoms with E-state index in [0.717, 1.165) is 25.1 Å². The molecule has 0 aliphatic heterocycles. The predicted molar refractivity (Wildman–Crippen MR) is 87.6 cm³/mol. The van der Waals surface area contributed by atoms with Crippen LogP contribution in [0, 0.1) is 5.92 Å². The normalized spacial score (nSPS) is 12.0. The van der Waals surface area contributed by atoms with Gasteiger partial charge >= 0.3 is 0 Å². The molecule has 0 aromatic heterocycles. The summed E-state index contributed by atoms with van der Waals surface area (Å²) in [4.78, 5) is 11.9. The van der Waals surface area contributed by atoms with Crippen LogP contribution in [0.2, 0.25) is 0 Å². The Labute approximate surface area is 129 Å². The molecule has 0 heterocycles. The monoisotopic (exact) mass is 291 g/mol. The van der Waals surface area contributed by atoms with Crippen molar-refractivity contribution < 1.29 is 9.53 Å². The molecule has 0 bridgehead atoms. The summed E-state index contributed by atoms with van der Waals surface area (Å²) in [6, 6.07) is 7.90. The second-order valence-electron chi connectivity index (χ2n) is 5.57. The molecule has 1 atom stereocenters. The summed E-state index contributed by atoms with van der Waals surface area (Å²) in [7, 11) is 1.66. The highest BCUT2D eigenvalue weighted by Gasteiger charge is 2.08. The van der Waals surface area contributed by atoms with E-state index in [1.54, 1.807) is 7.11 Å². The summed E-state index contributed by atoms with van der Waals surface area (Å²) < 4.78 is 5.12. The molecule has 1 aromatic carbocycles. The van der Waals surface area contributed by atoms with Crippen molar-refractivity contribution in [3.63, 3.8) is 0 Å². The number of nitrogens with one attached hydrogen (secondary N) is 1.